The van der Waals surface area contributed by atoms with Crippen LogP contribution in [0.15, 0.2) is 48.5 Å². The van der Waals surface area contributed by atoms with Gasteiger partial charge in [-0.1, -0.05) is 30.3 Å². The van der Waals surface area contributed by atoms with Crippen molar-refractivity contribution in [3.8, 4) is 11.5 Å². The molecule has 0 radical (unpaired) electrons. The summed E-state index contributed by atoms with van der Waals surface area (Å²) in [6.07, 6.45) is 0.557. The molecule has 0 fully saturated rings. The van der Waals surface area contributed by atoms with E-state index in [1.807, 2.05) is 62.4 Å². The van der Waals surface area contributed by atoms with Crippen molar-refractivity contribution in [1.29, 1.82) is 0 Å². The van der Waals surface area contributed by atoms with Crippen LogP contribution in [0.3, 0.4) is 0 Å². The van der Waals surface area contributed by atoms with Crippen LogP contribution in [0.2, 0.25) is 0 Å². The minimum absolute atomic E-state index is 0.0459. The van der Waals surface area contributed by atoms with Crippen molar-refractivity contribution in [3.63, 3.8) is 0 Å². The Hall–Kier alpha value is -2.05. The first kappa shape index (κ1) is 18.7. The van der Waals surface area contributed by atoms with E-state index >= 15 is 0 Å². The van der Waals surface area contributed by atoms with E-state index in [0.717, 1.165) is 11.1 Å². The second-order valence-electron chi connectivity index (χ2n) is 7.11. The van der Waals surface area contributed by atoms with Crippen molar-refractivity contribution in [2.24, 2.45) is 0 Å². The second kappa shape index (κ2) is 7.29. The van der Waals surface area contributed by atoms with Crippen LogP contribution in [0.1, 0.15) is 44.4 Å². The van der Waals surface area contributed by atoms with Crippen LogP contribution >= 0.6 is 0 Å². The summed E-state index contributed by atoms with van der Waals surface area (Å²) in [6, 6.07) is 15.2. The molecule has 1 unspecified atom stereocenters. The molecule has 0 aromatic heterocycles. The van der Waals surface area contributed by atoms with Crippen molar-refractivity contribution in [2.45, 2.75) is 45.4 Å². The van der Waals surface area contributed by atoms with E-state index in [1.54, 1.807) is 6.92 Å². The molecule has 1 N–H and O–H groups in total. The van der Waals surface area contributed by atoms with Gasteiger partial charge in [-0.05, 0) is 44.5 Å². The Bertz CT molecular complexity index is 863. The number of hydrogen-bond donors (Lipinski definition) is 1. The van der Waals surface area contributed by atoms with E-state index in [9.17, 15) is 8.42 Å². The lowest BCUT2D eigenvalue weighted by Crippen LogP contribution is -2.41. The van der Waals surface area contributed by atoms with Crippen molar-refractivity contribution in [2.75, 3.05) is 5.75 Å². The monoisotopic (exact) mass is 375 g/mol. The minimum Gasteiger partial charge on any atom is -0.489 e. The summed E-state index contributed by atoms with van der Waals surface area (Å²) in [7, 11) is -3.33. The number of fused-ring (bicyclic) bond motifs is 1. The van der Waals surface area contributed by atoms with Crippen molar-refractivity contribution in [3.05, 3.63) is 59.7 Å². The first-order valence-corrected chi connectivity index (χ1v) is 10.4. The lowest BCUT2D eigenvalue weighted by Gasteiger charge is -2.37. The zero-order chi connectivity index (χ0) is 18.8. The van der Waals surface area contributed by atoms with Gasteiger partial charge in [-0.2, -0.15) is 0 Å². The molecule has 26 heavy (non-hydrogen) atoms. The maximum absolute atomic E-state index is 12.1. The molecule has 1 aliphatic heterocycles. The third-order valence-corrected chi connectivity index (χ3v) is 5.79. The third-order valence-electron chi connectivity index (χ3n) is 4.39. The van der Waals surface area contributed by atoms with Crippen LogP contribution in [0, 0.1) is 0 Å². The standard InChI is InChI=1S/C20H25NO4S/c1-4-26(22,23)21-18-13-20(2,3)25-19-11-10-16(12-17(18)19)24-14-15-8-6-5-7-9-15/h5-12,18,21H,4,13-14H2,1-3H3. The number of ether oxygens (including phenoxy) is 2. The fourth-order valence-electron chi connectivity index (χ4n) is 3.07. The molecule has 6 heteroatoms. The van der Waals surface area contributed by atoms with Gasteiger partial charge in [-0.15, -0.1) is 0 Å². The molecule has 2 aromatic rings. The van der Waals surface area contributed by atoms with Gasteiger partial charge in [0, 0.05) is 12.0 Å². The van der Waals surface area contributed by atoms with Crippen LogP contribution < -0.4 is 14.2 Å². The Morgan fingerprint density at radius 2 is 1.92 bits per heavy atom. The molecule has 1 heterocycles. The Kier molecular flexibility index (Phi) is 5.25. The number of rotatable bonds is 6. The highest BCUT2D eigenvalue weighted by Gasteiger charge is 2.35. The Morgan fingerprint density at radius 3 is 2.62 bits per heavy atom. The van der Waals surface area contributed by atoms with Crippen LogP contribution in [0.25, 0.3) is 0 Å². The number of hydrogen-bond acceptors (Lipinski definition) is 4. The van der Waals surface area contributed by atoms with Crippen LogP contribution in [0.5, 0.6) is 11.5 Å². The molecule has 0 spiro atoms. The molecule has 2 aromatic carbocycles. The first-order chi connectivity index (χ1) is 12.3. The third kappa shape index (κ3) is 4.56. The molecule has 0 bridgehead atoms. The van der Waals surface area contributed by atoms with Crippen molar-refractivity contribution >= 4 is 10.0 Å². The summed E-state index contributed by atoms with van der Waals surface area (Å²) >= 11 is 0. The van der Waals surface area contributed by atoms with Crippen LogP contribution in [0.4, 0.5) is 0 Å². The molecule has 3 rings (SSSR count). The molecule has 0 saturated carbocycles. The predicted molar refractivity (Wildman–Crippen MR) is 102 cm³/mol. The Balaban J connectivity index is 1.85. The average molecular weight is 375 g/mol. The smallest absolute Gasteiger partial charge is 0.211 e. The molecule has 5 nitrogen and oxygen atoms in total. The van der Waals surface area contributed by atoms with E-state index in [-0.39, 0.29) is 11.8 Å². The van der Waals surface area contributed by atoms with Crippen LogP contribution in [-0.2, 0) is 16.6 Å². The highest BCUT2D eigenvalue weighted by molar-refractivity contribution is 7.89. The lowest BCUT2D eigenvalue weighted by atomic mass is 9.90. The van der Waals surface area contributed by atoms with E-state index in [2.05, 4.69) is 4.72 Å². The number of benzene rings is 2. The molecule has 140 valence electrons. The first-order valence-electron chi connectivity index (χ1n) is 8.78. The zero-order valence-corrected chi connectivity index (χ0v) is 16.2. The Morgan fingerprint density at radius 1 is 1.19 bits per heavy atom. The minimum atomic E-state index is -3.33. The maximum Gasteiger partial charge on any atom is 0.211 e. The molecule has 0 amide bonds. The summed E-state index contributed by atoms with van der Waals surface area (Å²) < 4.78 is 38.9. The summed E-state index contributed by atoms with van der Waals surface area (Å²) in [6.45, 7) is 6.01. The topological polar surface area (TPSA) is 64.6 Å². The van der Waals surface area contributed by atoms with Crippen LogP contribution in [-0.4, -0.2) is 19.8 Å². The van der Waals surface area contributed by atoms with Gasteiger partial charge in [0.15, 0.2) is 0 Å². The summed E-state index contributed by atoms with van der Waals surface area (Å²) in [5.74, 6) is 1.43. The van der Waals surface area contributed by atoms with Gasteiger partial charge >= 0.3 is 0 Å². The van der Waals surface area contributed by atoms with E-state index in [1.165, 1.54) is 0 Å². The molecule has 1 aliphatic rings. The number of sulfonamides is 1. The lowest BCUT2D eigenvalue weighted by molar-refractivity contribution is 0.0699. The quantitative estimate of drug-likeness (QED) is 0.834. The van der Waals surface area contributed by atoms with E-state index in [0.29, 0.717) is 24.5 Å². The highest BCUT2D eigenvalue weighted by Crippen LogP contribution is 2.41. The molecule has 0 saturated heterocycles. The molecule has 1 atom stereocenters. The second-order valence-corrected chi connectivity index (χ2v) is 9.16. The molecule has 0 aliphatic carbocycles. The fourth-order valence-corrected chi connectivity index (χ4v) is 3.88. The van der Waals surface area contributed by atoms with Gasteiger partial charge in [0.1, 0.15) is 23.7 Å². The van der Waals surface area contributed by atoms with Gasteiger partial charge in [0.2, 0.25) is 10.0 Å². The predicted octanol–water partition coefficient (Wildman–Crippen LogP) is 3.81. The van der Waals surface area contributed by atoms with Crippen molar-refractivity contribution in [1.82, 2.24) is 4.72 Å². The molecular weight excluding hydrogens is 350 g/mol. The van der Waals surface area contributed by atoms with Gasteiger partial charge in [0.25, 0.3) is 0 Å². The SMILES string of the molecule is CCS(=O)(=O)NC1CC(C)(C)Oc2ccc(OCc3ccccc3)cc21. The maximum atomic E-state index is 12.1. The van der Waals surface area contributed by atoms with E-state index in [4.69, 9.17) is 9.47 Å². The van der Waals surface area contributed by atoms with E-state index < -0.39 is 15.6 Å². The highest BCUT2D eigenvalue weighted by atomic mass is 32.2. The Labute approximate surface area is 155 Å². The fraction of sp³-hybridized carbons (Fsp3) is 0.400. The largest absolute Gasteiger partial charge is 0.489 e. The van der Waals surface area contributed by atoms with Gasteiger partial charge in [-0.25, -0.2) is 13.1 Å². The summed E-state index contributed by atoms with van der Waals surface area (Å²) in [5, 5.41) is 0. The van der Waals surface area contributed by atoms with Gasteiger partial charge < -0.3 is 9.47 Å². The molecular formula is C20H25NO4S. The normalized spacial score (nSPS) is 18.7. The van der Waals surface area contributed by atoms with Crippen molar-refractivity contribution < 1.29 is 17.9 Å². The van der Waals surface area contributed by atoms with Gasteiger partial charge in [-0.3, -0.25) is 0 Å². The summed E-state index contributed by atoms with van der Waals surface area (Å²) in [4.78, 5) is 0. The number of nitrogens with one attached hydrogen (secondary N) is 1. The van der Waals surface area contributed by atoms with Gasteiger partial charge in [0.05, 0.1) is 11.8 Å². The summed E-state index contributed by atoms with van der Waals surface area (Å²) in [5.41, 5.74) is 1.44. The average Bonchev–Trinajstić information content (AvgIpc) is 2.60. The zero-order valence-electron chi connectivity index (χ0n) is 15.4.